The van der Waals surface area contributed by atoms with Crippen LogP contribution in [0.4, 0.5) is 0 Å². The minimum absolute atomic E-state index is 0.141. The number of hydrogen-bond acceptors (Lipinski definition) is 2. The molecule has 0 aromatic carbocycles. The second-order valence-corrected chi connectivity index (χ2v) is 4.75. The van der Waals surface area contributed by atoms with Crippen LogP contribution in [0.25, 0.3) is 0 Å². The van der Waals surface area contributed by atoms with Gasteiger partial charge in [0, 0.05) is 25.6 Å². The van der Waals surface area contributed by atoms with Crippen molar-refractivity contribution in [2.24, 2.45) is 11.7 Å². The van der Waals surface area contributed by atoms with Crippen molar-refractivity contribution in [3.05, 3.63) is 0 Å². The lowest BCUT2D eigenvalue weighted by molar-refractivity contribution is -0.132. The monoisotopic (exact) mass is 212 g/mol. The summed E-state index contributed by atoms with van der Waals surface area (Å²) < 4.78 is 0. The van der Waals surface area contributed by atoms with Crippen LogP contribution in [-0.2, 0) is 4.79 Å². The zero-order chi connectivity index (χ0) is 11.3. The van der Waals surface area contributed by atoms with Crippen LogP contribution in [-0.4, -0.2) is 29.9 Å². The van der Waals surface area contributed by atoms with Crippen LogP contribution in [0.3, 0.4) is 0 Å². The minimum Gasteiger partial charge on any atom is -0.343 e. The van der Waals surface area contributed by atoms with Gasteiger partial charge in [-0.2, -0.15) is 0 Å². The fourth-order valence-electron chi connectivity index (χ4n) is 2.10. The molecule has 3 heteroatoms. The van der Waals surface area contributed by atoms with Gasteiger partial charge in [-0.3, -0.25) is 4.79 Å². The summed E-state index contributed by atoms with van der Waals surface area (Å²) in [5.74, 6) is 1.13. The van der Waals surface area contributed by atoms with Gasteiger partial charge in [0.25, 0.3) is 0 Å². The maximum absolute atomic E-state index is 11.8. The number of piperidine rings is 1. The van der Waals surface area contributed by atoms with Crippen LogP contribution >= 0.6 is 0 Å². The number of rotatable bonds is 4. The van der Waals surface area contributed by atoms with Crippen LogP contribution < -0.4 is 5.73 Å². The molecule has 1 saturated heterocycles. The molecular formula is C12H24N2O. The van der Waals surface area contributed by atoms with Crippen LogP contribution in [0.1, 0.15) is 46.0 Å². The summed E-state index contributed by atoms with van der Waals surface area (Å²) in [6.07, 6.45) is 5.05. The third-order valence-corrected chi connectivity index (χ3v) is 3.36. The Morgan fingerprint density at radius 3 is 2.53 bits per heavy atom. The molecule has 2 N–H and O–H groups in total. The molecular weight excluding hydrogens is 188 g/mol. The van der Waals surface area contributed by atoms with Gasteiger partial charge < -0.3 is 10.6 Å². The number of carbonyl (C=O) groups excluding carboxylic acids is 1. The summed E-state index contributed by atoms with van der Waals surface area (Å²) in [4.78, 5) is 13.8. The molecule has 88 valence electrons. The average molecular weight is 212 g/mol. The molecule has 3 nitrogen and oxygen atoms in total. The Morgan fingerprint density at radius 1 is 1.47 bits per heavy atom. The Morgan fingerprint density at radius 2 is 2.07 bits per heavy atom. The third kappa shape index (κ3) is 4.20. The molecule has 1 unspecified atom stereocenters. The van der Waals surface area contributed by atoms with Gasteiger partial charge in [0.15, 0.2) is 0 Å². The Hall–Kier alpha value is -0.570. The Labute approximate surface area is 93.0 Å². The lowest BCUT2D eigenvalue weighted by atomic mass is 9.94. The first-order valence-corrected chi connectivity index (χ1v) is 6.16. The predicted octanol–water partition coefficient (Wildman–Crippen LogP) is 1.76. The number of carbonyl (C=O) groups is 1. The van der Waals surface area contributed by atoms with E-state index in [0.717, 1.165) is 25.4 Å². The van der Waals surface area contributed by atoms with Crippen molar-refractivity contribution >= 4 is 5.91 Å². The van der Waals surface area contributed by atoms with Crippen LogP contribution in [0.5, 0.6) is 0 Å². The Bertz CT molecular complexity index is 196. The molecule has 1 aliphatic heterocycles. The van der Waals surface area contributed by atoms with Gasteiger partial charge in [-0.05, 0) is 32.1 Å². The largest absolute Gasteiger partial charge is 0.343 e. The number of nitrogens with two attached hydrogens (primary N) is 1. The summed E-state index contributed by atoms with van der Waals surface area (Å²) in [5.41, 5.74) is 5.64. The van der Waals surface area contributed by atoms with Gasteiger partial charge >= 0.3 is 0 Å². The maximum atomic E-state index is 11.8. The van der Waals surface area contributed by atoms with E-state index >= 15 is 0 Å². The number of hydrogen-bond donors (Lipinski definition) is 1. The zero-order valence-corrected chi connectivity index (χ0v) is 10.0. The van der Waals surface area contributed by atoms with E-state index < -0.39 is 0 Å². The summed E-state index contributed by atoms with van der Waals surface area (Å²) in [6, 6.07) is 0.141. The van der Waals surface area contributed by atoms with Gasteiger partial charge in [0.2, 0.25) is 5.91 Å². The number of amides is 1. The normalized spacial score (nSPS) is 20.3. The average Bonchev–Trinajstić information content (AvgIpc) is 2.26. The molecule has 0 saturated carbocycles. The number of nitrogens with zero attached hydrogens (tertiary/aromatic N) is 1. The molecule has 1 aliphatic rings. The van der Waals surface area contributed by atoms with Crippen molar-refractivity contribution in [3.63, 3.8) is 0 Å². The molecule has 0 aliphatic carbocycles. The third-order valence-electron chi connectivity index (χ3n) is 3.36. The SMILES string of the molecule is CCC1CCN(C(=O)CCC(C)N)CC1. The molecule has 0 spiro atoms. The highest BCUT2D eigenvalue weighted by Gasteiger charge is 2.21. The fraction of sp³-hybridized carbons (Fsp3) is 0.917. The molecule has 0 radical (unpaired) electrons. The van der Waals surface area contributed by atoms with Crippen molar-refractivity contribution in [2.75, 3.05) is 13.1 Å². The van der Waals surface area contributed by atoms with Gasteiger partial charge in [0.1, 0.15) is 0 Å². The number of likely N-dealkylation sites (tertiary alicyclic amines) is 1. The highest BCUT2D eigenvalue weighted by Crippen LogP contribution is 2.20. The van der Waals surface area contributed by atoms with Crippen molar-refractivity contribution in [1.82, 2.24) is 4.90 Å². The molecule has 1 heterocycles. The van der Waals surface area contributed by atoms with Crippen LogP contribution in [0, 0.1) is 5.92 Å². The lowest BCUT2D eigenvalue weighted by Gasteiger charge is -2.31. The van der Waals surface area contributed by atoms with Gasteiger partial charge in [-0.25, -0.2) is 0 Å². The Kier molecular flexibility index (Phi) is 5.09. The highest BCUT2D eigenvalue weighted by atomic mass is 16.2. The van der Waals surface area contributed by atoms with E-state index in [2.05, 4.69) is 6.92 Å². The van der Waals surface area contributed by atoms with Crippen molar-refractivity contribution < 1.29 is 4.79 Å². The zero-order valence-electron chi connectivity index (χ0n) is 10.0. The second-order valence-electron chi connectivity index (χ2n) is 4.75. The highest BCUT2D eigenvalue weighted by molar-refractivity contribution is 5.76. The van der Waals surface area contributed by atoms with Gasteiger partial charge in [-0.15, -0.1) is 0 Å². The van der Waals surface area contributed by atoms with E-state index in [0.29, 0.717) is 12.3 Å². The van der Waals surface area contributed by atoms with E-state index in [9.17, 15) is 4.79 Å². The molecule has 0 aromatic rings. The molecule has 15 heavy (non-hydrogen) atoms. The minimum atomic E-state index is 0.141. The molecule has 1 rings (SSSR count). The van der Waals surface area contributed by atoms with E-state index in [1.165, 1.54) is 19.3 Å². The molecule has 0 aromatic heterocycles. The summed E-state index contributed by atoms with van der Waals surface area (Å²) >= 11 is 0. The summed E-state index contributed by atoms with van der Waals surface area (Å²) in [6.45, 7) is 6.10. The van der Waals surface area contributed by atoms with E-state index in [4.69, 9.17) is 5.73 Å². The smallest absolute Gasteiger partial charge is 0.222 e. The molecule has 0 bridgehead atoms. The molecule has 1 atom stereocenters. The van der Waals surface area contributed by atoms with E-state index in [1.54, 1.807) is 0 Å². The maximum Gasteiger partial charge on any atom is 0.222 e. The second kappa shape index (κ2) is 6.11. The predicted molar refractivity (Wildman–Crippen MR) is 62.5 cm³/mol. The molecule has 1 fully saturated rings. The summed E-state index contributed by atoms with van der Waals surface area (Å²) in [5, 5.41) is 0. The van der Waals surface area contributed by atoms with E-state index in [-0.39, 0.29) is 6.04 Å². The van der Waals surface area contributed by atoms with Gasteiger partial charge in [-0.1, -0.05) is 13.3 Å². The van der Waals surface area contributed by atoms with Crippen molar-refractivity contribution in [3.8, 4) is 0 Å². The quantitative estimate of drug-likeness (QED) is 0.772. The summed E-state index contributed by atoms with van der Waals surface area (Å²) in [7, 11) is 0. The van der Waals surface area contributed by atoms with Crippen molar-refractivity contribution in [1.29, 1.82) is 0 Å². The van der Waals surface area contributed by atoms with Crippen LogP contribution in [0.2, 0.25) is 0 Å². The van der Waals surface area contributed by atoms with Gasteiger partial charge in [0.05, 0.1) is 0 Å². The standard InChI is InChI=1S/C12H24N2O/c1-3-11-6-8-14(9-7-11)12(15)5-4-10(2)13/h10-11H,3-9,13H2,1-2H3. The first-order chi connectivity index (χ1) is 7.13. The van der Waals surface area contributed by atoms with Crippen LogP contribution in [0.15, 0.2) is 0 Å². The first kappa shape index (κ1) is 12.5. The van der Waals surface area contributed by atoms with E-state index in [1.807, 2.05) is 11.8 Å². The lowest BCUT2D eigenvalue weighted by Crippen LogP contribution is -2.38. The fourth-order valence-corrected chi connectivity index (χ4v) is 2.10. The Balaban J connectivity index is 2.24. The van der Waals surface area contributed by atoms with Crippen molar-refractivity contribution in [2.45, 2.75) is 52.0 Å². The topological polar surface area (TPSA) is 46.3 Å². The molecule has 1 amide bonds. The first-order valence-electron chi connectivity index (χ1n) is 6.16.